The van der Waals surface area contributed by atoms with E-state index in [0.717, 1.165) is 50.2 Å². The number of carbonyl (C=O) groups excluding carboxylic acids is 1. The van der Waals surface area contributed by atoms with Crippen molar-refractivity contribution in [3.63, 3.8) is 0 Å². The summed E-state index contributed by atoms with van der Waals surface area (Å²) in [6, 6.07) is 6.01. The predicted octanol–water partition coefficient (Wildman–Crippen LogP) is 2.59. The maximum absolute atomic E-state index is 12.7. The number of aromatic nitrogens is 3. The van der Waals surface area contributed by atoms with Crippen molar-refractivity contribution < 1.29 is 4.79 Å². The van der Waals surface area contributed by atoms with Gasteiger partial charge in [-0.1, -0.05) is 17.5 Å². The first-order valence-corrected chi connectivity index (χ1v) is 8.55. The number of aryl methyl sites for hydroxylation is 1. The molecule has 1 aliphatic rings. The van der Waals surface area contributed by atoms with E-state index in [4.69, 9.17) is 0 Å². The fourth-order valence-electron chi connectivity index (χ4n) is 2.98. The van der Waals surface area contributed by atoms with Crippen molar-refractivity contribution in [2.24, 2.45) is 5.92 Å². The molecule has 0 spiro atoms. The van der Waals surface area contributed by atoms with Crippen molar-refractivity contribution >= 4 is 17.4 Å². The quantitative estimate of drug-likeness (QED) is 0.870. The normalized spacial score (nSPS) is 18.4. The third-order valence-electron chi connectivity index (χ3n) is 4.12. The predicted molar refractivity (Wildman–Crippen MR) is 85.9 cm³/mol. The van der Waals surface area contributed by atoms with Crippen LogP contribution in [0.15, 0.2) is 24.4 Å². The number of nitrogens with zero attached hydrogens (tertiary/aromatic N) is 4. The maximum atomic E-state index is 12.7. The number of likely N-dealkylation sites (tertiary alicyclic amines) is 1. The second kappa shape index (κ2) is 6.96. The molecule has 1 amide bonds. The van der Waals surface area contributed by atoms with Gasteiger partial charge in [-0.05, 0) is 55.3 Å². The van der Waals surface area contributed by atoms with Crippen molar-refractivity contribution in [2.45, 2.75) is 32.6 Å². The van der Waals surface area contributed by atoms with Gasteiger partial charge in [-0.25, -0.2) is 0 Å². The molecule has 116 valence electrons. The highest BCUT2D eigenvalue weighted by molar-refractivity contribution is 7.08. The molecule has 0 unspecified atom stereocenters. The average Bonchev–Trinajstić information content (AvgIpc) is 3.04. The van der Waals surface area contributed by atoms with E-state index in [1.54, 1.807) is 0 Å². The van der Waals surface area contributed by atoms with Crippen LogP contribution in [0, 0.1) is 5.92 Å². The lowest BCUT2D eigenvalue weighted by Gasteiger charge is -2.32. The smallest absolute Gasteiger partial charge is 0.267 e. The second-order valence-electron chi connectivity index (χ2n) is 5.69. The third-order valence-corrected chi connectivity index (χ3v) is 4.87. The summed E-state index contributed by atoms with van der Waals surface area (Å²) in [4.78, 5) is 19.8. The number of amides is 1. The molecule has 2 aromatic heterocycles. The molecule has 1 atom stereocenters. The van der Waals surface area contributed by atoms with Crippen LogP contribution < -0.4 is 0 Å². The van der Waals surface area contributed by atoms with Gasteiger partial charge in [0.05, 0.1) is 5.69 Å². The van der Waals surface area contributed by atoms with Gasteiger partial charge in [0.2, 0.25) is 0 Å². The lowest BCUT2D eigenvalue weighted by Crippen LogP contribution is -2.40. The lowest BCUT2D eigenvalue weighted by molar-refractivity contribution is 0.0676. The fourth-order valence-corrected chi connectivity index (χ4v) is 3.70. The van der Waals surface area contributed by atoms with Crippen LogP contribution in [0.5, 0.6) is 0 Å². The molecule has 6 heteroatoms. The Morgan fingerprint density at radius 1 is 1.45 bits per heavy atom. The largest absolute Gasteiger partial charge is 0.338 e. The first-order chi connectivity index (χ1) is 10.8. The van der Waals surface area contributed by atoms with E-state index in [-0.39, 0.29) is 5.91 Å². The topological polar surface area (TPSA) is 59.0 Å². The van der Waals surface area contributed by atoms with Crippen molar-refractivity contribution in [1.82, 2.24) is 19.5 Å². The van der Waals surface area contributed by atoms with Crippen molar-refractivity contribution in [3.05, 3.63) is 40.7 Å². The molecule has 0 aliphatic carbocycles. The van der Waals surface area contributed by atoms with Gasteiger partial charge in [0.15, 0.2) is 0 Å². The minimum absolute atomic E-state index is 0.0950. The molecule has 3 rings (SSSR count). The molecule has 1 fully saturated rings. The minimum atomic E-state index is 0.0950. The molecule has 22 heavy (non-hydrogen) atoms. The highest BCUT2D eigenvalue weighted by Crippen LogP contribution is 2.23. The Hall–Kier alpha value is -1.82. The second-order valence-corrected chi connectivity index (χ2v) is 6.44. The first-order valence-electron chi connectivity index (χ1n) is 7.78. The number of pyridine rings is 1. The lowest BCUT2D eigenvalue weighted by atomic mass is 9.93. The van der Waals surface area contributed by atoms with Crippen LogP contribution in [0.3, 0.4) is 0 Å². The van der Waals surface area contributed by atoms with Gasteiger partial charge in [0.1, 0.15) is 4.88 Å². The number of hydrogen-bond acceptors (Lipinski definition) is 5. The molecule has 0 saturated carbocycles. The zero-order valence-corrected chi connectivity index (χ0v) is 13.6. The third kappa shape index (κ3) is 3.32. The number of rotatable bonds is 4. The van der Waals surface area contributed by atoms with E-state index in [1.165, 1.54) is 11.5 Å². The monoisotopic (exact) mass is 316 g/mol. The summed E-state index contributed by atoms with van der Waals surface area (Å²) in [6.07, 6.45) is 5.73. The molecule has 1 saturated heterocycles. The minimum Gasteiger partial charge on any atom is -0.338 e. The first kappa shape index (κ1) is 15.1. The van der Waals surface area contributed by atoms with Crippen LogP contribution in [-0.4, -0.2) is 38.5 Å². The van der Waals surface area contributed by atoms with Crippen LogP contribution in [0.1, 0.15) is 40.8 Å². The molecule has 2 aromatic rings. The van der Waals surface area contributed by atoms with E-state index in [9.17, 15) is 4.79 Å². The summed E-state index contributed by atoms with van der Waals surface area (Å²) in [5.41, 5.74) is 1.93. The van der Waals surface area contributed by atoms with Crippen LogP contribution in [0.4, 0.5) is 0 Å². The van der Waals surface area contributed by atoms with Crippen LogP contribution in [-0.2, 0) is 12.8 Å². The number of hydrogen-bond donors (Lipinski definition) is 0. The van der Waals surface area contributed by atoms with E-state index < -0.39 is 0 Å². The maximum Gasteiger partial charge on any atom is 0.267 e. The molecule has 1 aliphatic heterocycles. The standard InChI is InChI=1S/C16H20N4OS/c1-2-14-15(22-19-18-14)16(21)20-9-5-6-12(11-20)10-13-7-3-4-8-17-13/h3-4,7-8,12H,2,5-6,9-11H2,1H3/t12-/m0/s1. The Labute approximate surface area is 134 Å². The fraction of sp³-hybridized carbons (Fsp3) is 0.500. The molecule has 3 heterocycles. The van der Waals surface area contributed by atoms with Crippen LogP contribution in [0.25, 0.3) is 0 Å². The van der Waals surface area contributed by atoms with Gasteiger partial charge in [-0.15, -0.1) is 5.10 Å². The SMILES string of the molecule is CCc1nnsc1C(=O)N1CCC[C@@H](Cc2ccccn2)C1. The number of piperidine rings is 1. The summed E-state index contributed by atoms with van der Waals surface area (Å²) in [7, 11) is 0. The van der Waals surface area contributed by atoms with E-state index in [2.05, 4.69) is 20.6 Å². The van der Waals surface area contributed by atoms with Crippen LogP contribution >= 0.6 is 11.5 Å². The van der Waals surface area contributed by atoms with Gasteiger partial charge < -0.3 is 4.90 Å². The van der Waals surface area contributed by atoms with E-state index >= 15 is 0 Å². The molecule has 0 aromatic carbocycles. The Bertz CT molecular complexity index is 628. The average molecular weight is 316 g/mol. The summed E-state index contributed by atoms with van der Waals surface area (Å²) in [5.74, 6) is 0.580. The van der Waals surface area contributed by atoms with Gasteiger partial charge >= 0.3 is 0 Å². The Morgan fingerprint density at radius 3 is 3.14 bits per heavy atom. The van der Waals surface area contributed by atoms with Gasteiger partial charge in [-0.3, -0.25) is 9.78 Å². The highest BCUT2D eigenvalue weighted by Gasteiger charge is 2.27. The highest BCUT2D eigenvalue weighted by atomic mass is 32.1. The Kier molecular flexibility index (Phi) is 4.77. The Morgan fingerprint density at radius 2 is 2.36 bits per heavy atom. The molecule has 0 radical (unpaired) electrons. The zero-order valence-electron chi connectivity index (χ0n) is 12.7. The number of carbonyl (C=O) groups is 1. The van der Waals surface area contributed by atoms with Crippen molar-refractivity contribution in [2.75, 3.05) is 13.1 Å². The van der Waals surface area contributed by atoms with E-state index in [1.807, 2.05) is 30.2 Å². The van der Waals surface area contributed by atoms with Crippen LogP contribution in [0.2, 0.25) is 0 Å². The van der Waals surface area contributed by atoms with Gasteiger partial charge in [-0.2, -0.15) is 0 Å². The zero-order chi connectivity index (χ0) is 15.4. The molecule has 5 nitrogen and oxygen atoms in total. The van der Waals surface area contributed by atoms with E-state index in [0.29, 0.717) is 10.8 Å². The Balaban J connectivity index is 1.66. The molecular weight excluding hydrogens is 296 g/mol. The summed E-state index contributed by atoms with van der Waals surface area (Å²) >= 11 is 1.22. The summed E-state index contributed by atoms with van der Waals surface area (Å²) in [5, 5.41) is 4.05. The van der Waals surface area contributed by atoms with Gasteiger partial charge in [0.25, 0.3) is 5.91 Å². The molecular formula is C16H20N4OS. The summed E-state index contributed by atoms with van der Waals surface area (Å²) < 4.78 is 3.93. The molecule has 0 N–H and O–H groups in total. The summed E-state index contributed by atoms with van der Waals surface area (Å²) in [6.45, 7) is 3.64. The molecule has 0 bridgehead atoms. The van der Waals surface area contributed by atoms with Gasteiger partial charge in [0, 0.05) is 25.0 Å². The van der Waals surface area contributed by atoms with Crippen molar-refractivity contribution in [1.29, 1.82) is 0 Å². The van der Waals surface area contributed by atoms with Crippen molar-refractivity contribution in [3.8, 4) is 0 Å².